The van der Waals surface area contributed by atoms with Crippen molar-refractivity contribution in [2.24, 2.45) is 5.41 Å². The molecule has 0 aliphatic carbocycles. The molecule has 2 aliphatic rings. The number of hydrogen-bond acceptors (Lipinski definition) is 4. The van der Waals surface area contributed by atoms with E-state index in [2.05, 4.69) is 46.2 Å². The molecule has 1 unspecified atom stereocenters. The molecule has 4 heteroatoms. The van der Waals surface area contributed by atoms with Gasteiger partial charge in [-0.25, -0.2) is 4.98 Å². The van der Waals surface area contributed by atoms with Crippen LogP contribution in [0.3, 0.4) is 0 Å². The van der Waals surface area contributed by atoms with Crippen LogP contribution in [0.1, 0.15) is 25.3 Å². The molecular formula is C16H26N4. The zero-order chi connectivity index (χ0) is 14.0. The summed E-state index contributed by atoms with van der Waals surface area (Å²) in [5.41, 5.74) is 1.90. The van der Waals surface area contributed by atoms with Gasteiger partial charge in [-0.1, -0.05) is 6.07 Å². The molecule has 1 aromatic rings. The third-order valence-electron chi connectivity index (χ3n) is 4.93. The SMILES string of the molecule is CCN(C)c1ccc(CN2CCC3(CCNC3)C2)cn1. The van der Waals surface area contributed by atoms with Crippen molar-refractivity contribution < 1.29 is 0 Å². The molecule has 0 amide bonds. The van der Waals surface area contributed by atoms with E-state index in [1.807, 2.05) is 6.20 Å². The molecule has 3 rings (SSSR count). The maximum Gasteiger partial charge on any atom is 0.128 e. The second-order valence-corrected chi connectivity index (χ2v) is 6.43. The van der Waals surface area contributed by atoms with Gasteiger partial charge in [-0.3, -0.25) is 4.90 Å². The average Bonchev–Trinajstić information content (AvgIpc) is 3.09. The monoisotopic (exact) mass is 274 g/mol. The van der Waals surface area contributed by atoms with Crippen LogP contribution in [0, 0.1) is 5.41 Å². The van der Waals surface area contributed by atoms with Crippen LogP contribution in [-0.4, -0.2) is 49.7 Å². The van der Waals surface area contributed by atoms with Crippen molar-refractivity contribution in [2.45, 2.75) is 26.3 Å². The van der Waals surface area contributed by atoms with E-state index in [9.17, 15) is 0 Å². The average molecular weight is 274 g/mol. The number of aromatic nitrogens is 1. The van der Waals surface area contributed by atoms with Crippen molar-refractivity contribution in [3.63, 3.8) is 0 Å². The van der Waals surface area contributed by atoms with Gasteiger partial charge >= 0.3 is 0 Å². The van der Waals surface area contributed by atoms with Crippen molar-refractivity contribution in [2.75, 3.05) is 44.7 Å². The quantitative estimate of drug-likeness (QED) is 0.906. The molecule has 3 heterocycles. The molecule has 0 radical (unpaired) electrons. The van der Waals surface area contributed by atoms with Gasteiger partial charge in [-0.2, -0.15) is 0 Å². The molecule has 1 aromatic heterocycles. The zero-order valence-electron chi connectivity index (χ0n) is 12.7. The summed E-state index contributed by atoms with van der Waals surface area (Å²) in [4.78, 5) is 9.32. The fourth-order valence-electron chi connectivity index (χ4n) is 3.46. The standard InChI is InChI=1S/C16H26N4/c1-3-19(2)15-5-4-14(10-18-15)11-20-9-7-16(13-20)6-8-17-12-16/h4-5,10,17H,3,6-9,11-13H2,1-2H3. The molecule has 0 aromatic carbocycles. The Balaban J connectivity index is 1.58. The van der Waals surface area contributed by atoms with E-state index in [1.165, 1.54) is 44.6 Å². The Morgan fingerprint density at radius 3 is 2.95 bits per heavy atom. The lowest BCUT2D eigenvalue weighted by Crippen LogP contribution is -2.29. The van der Waals surface area contributed by atoms with Crippen LogP contribution in [0.2, 0.25) is 0 Å². The van der Waals surface area contributed by atoms with Gasteiger partial charge in [0, 0.05) is 39.4 Å². The van der Waals surface area contributed by atoms with Crippen molar-refractivity contribution in [3.05, 3.63) is 23.9 Å². The summed E-state index contributed by atoms with van der Waals surface area (Å²) in [6, 6.07) is 4.37. The van der Waals surface area contributed by atoms with Gasteiger partial charge in [-0.05, 0) is 49.9 Å². The Labute approximate surface area is 122 Å². The second-order valence-electron chi connectivity index (χ2n) is 6.43. The normalized spacial score (nSPS) is 26.5. The highest BCUT2D eigenvalue weighted by Gasteiger charge is 2.39. The van der Waals surface area contributed by atoms with Crippen molar-refractivity contribution >= 4 is 5.82 Å². The van der Waals surface area contributed by atoms with Crippen molar-refractivity contribution in [1.82, 2.24) is 15.2 Å². The second kappa shape index (κ2) is 5.70. The Morgan fingerprint density at radius 1 is 1.40 bits per heavy atom. The third kappa shape index (κ3) is 2.81. The number of nitrogens with one attached hydrogen (secondary N) is 1. The molecule has 110 valence electrons. The molecule has 1 spiro atoms. The molecule has 2 aliphatic heterocycles. The van der Waals surface area contributed by atoms with Crippen LogP contribution in [-0.2, 0) is 6.54 Å². The summed E-state index contributed by atoms with van der Waals surface area (Å²) in [6.45, 7) is 9.08. The molecule has 2 fully saturated rings. The smallest absolute Gasteiger partial charge is 0.128 e. The predicted molar refractivity (Wildman–Crippen MR) is 83.0 cm³/mol. The number of hydrogen-bond donors (Lipinski definition) is 1. The summed E-state index contributed by atoms with van der Waals surface area (Å²) >= 11 is 0. The summed E-state index contributed by atoms with van der Waals surface area (Å²) < 4.78 is 0. The molecule has 0 bridgehead atoms. The van der Waals surface area contributed by atoms with Gasteiger partial charge in [0.05, 0.1) is 0 Å². The van der Waals surface area contributed by atoms with Crippen LogP contribution in [0.4, 0.5) is 5.82 Å². The minimum absolute atomic E-state index is 0.565. The molecular weight excluding hydrogens is 248 g/mol. The minimum atomic E-state index is 0.565. The molecule has 4 nitrogen and oxygen atoms in total. The Bertz CT molecular complexity index is 436. The fourth-order valence-corrected chi connectivity index (χ4v) is 3.46. The first-order valence-corrected chi connectivity index (χ1v) is 7.80. The van der Waals surface area contributed by atoms with Gasteiger partial charge in [0.1, 0.15) is 5.82 Å². The summed E-state index contributed by atoms with van der Waals surface area (Å²) in [5.74, 6) is 1.06. The maximum absolute atomic E-state index is 4.57. The van der Waals surface area contributed by atoms with Crippen molar-refractivity contribution in [3.8, 4) is 0 Å². The topological polar surface area (TPSA) is 31.4 Å². The number of pyridine rings is 1. The van der Waals surface area contributed by atoms with Crippen LogP contribution < -0.4 is 10.2 Å². The Kier molecular flexibility index (Phi) is 3.94. The van der Waals surface area contributed by atoms with Crippen molar-refractivity contribution in [1.29, 1.82) is 0 Å². The zero-order valence-corrected chi connectivity index (χ0v) is 12.7. The summed E-state index contributed by atoms with van der Waals surface area (Å²) in [7, 11) is 2.08. The fraction of sp³-hybridized carbons (Fsp3) is 0.688. The summed E-state index contributed by atoms with van der Waals surface area (Å²) in [6.07, 6.45) is 4.74. The van der Waals surface area contributed by atoms with Gasteiger partial charge in [0.25, 0.3) is 0 Å². The van der Waals surface area contributed by atoms with Crippen LogP contribution in [0.15, 0.2) is 18.3 Å². The first-order valence-electron chi connectivity index (χ1n) is 7.80. The highest BCUT2D eigenvalue weighted by molar-refractivity contribution is 5.37. The Morgan fingerprint density at radius 2 is 2.30 bits per heavy atom. The molecule has 1 N–H and O–H groups in total. The van der Waals surface area contributed by atoms with Crippen LogP contribution >= 0.6 is 0 Å². The highest BCUT2D eigenvalue weighted by atomic mass is 15.2. The van der Waals surface area contributed by atoms with E-state index in [1.54, 1.807) is 0 Å². The maximum atomic E-state index is 4.57. The van der Waals surface area contributed by atoms with E-state index in [4.69, 9.17) is 0 Å². The lowest BCUT2D eigenvalue weighted by Gasteiger charge is -2.23. The number of rotatable bonds is 4. The summed E-state index contributed by atoms with van der Waals surface area (Å²) in [5, 5.41) is 3.52. The minimum Gasteiger partial charge on any atom is -0.360 e. The largest absolute Gasteiger partial charge is 0.360 e. The van der Waals surface area contributed by atoms with Gasteiger partial charge < -0.3 is 10.2 Å². The van der Waals surface area contributed by atoms with E-state index < -0.39 is 0 Å². The molecule has 1 atom stereocenters. The Hall–Kier alpha value is -1.13. The number of anilines is 1. The molecule has 2 saturated heterocycles. The van der Waals surface area contributed by atoms with Gasteiger partial charge in [-0.15, -0.1) is 0 Å². The number of likely N-dealkylation sites (tertiary alicyclic amines) is 1. The van der Waals surface area contributed by atoms with E-state index in [-0.39, 0.29) is 0 Å². The first-order chi connectivity index (χ1) is 9.71. The highest BCUT2D eigenvalue weighted by Crippen LogP contribution is 2.36. The van der Waals surface area contributed by atoms with Gasteiger partial charge in [0.2, 0.25) is 0 Å². The lowest BCUT2D eigenvalue weighted by molar-refractivity contribution is 0.268. The predicted octanol–water partition coefficient (Wildman–Crippen LogP) is 1.72. The van der Waals surface area contributed by atoms with Crippen LogP contribution in [0.25, 0.3) is 0 Å². The third-order valence-corrected chi connectivity index (χ3v) is 4.93. The van der Waals surface area contributed by atoms with E-state index in [0.29, 0.717) is 5.41 Å². The lowest BCUT2D eigenvalue weighted by atomic mass is 9.87. The van der Waals surface area contributed by atoms with E-state index in [0.717, 1.165) is 18.9 Å². The van der Waals surface area contributed by atoms with Crippen LogP contribution in [0.5, 0.6) is 0 Å². The molecule has 0 saturated carbocycles. The number of nitrogens with zero attached hydrogens (tertiary/aromatic N) is 3. The molecule has 20 heavy (non-hydrogen) atoms. The van der Waals surface area contributed by atoms with E-state index >= 15 is 0 Å². The first kappa shape index (κ1) is 13.8. The van der Waals surface area contributed by atoms with Gasteiger partial charge in [0.15, 0.2) is 0 Å².